The van der Waals surface area contributed by atoms with E-state index in [1.165, 1.54) is 0 Å². The van der Waals surface area contributed by atoms with Gasteiger partial charge in [0, 0.05) is 5.56 Å². The Morgan fingerprint density at radius 1 is 1.24 bits per heavy atom. The molecule has 0 spiro atoms. The molecule has 0 unspecified atom stereocenters. The van der Waals surface area contributed by atoms with Gasteiger partial charge in [0.05, 0.1) is 5.69 Å². The first-order valence-electron chi connectivity index (χ1n) is 5.82. The number of ketones is 1. The third-order valence-corrected chi connectivity index (χ3v) is 2.64. The van der Waals surface area contributed by atoms with Crippen molar-refractivity contribution in [2.75, 3.05) is 0 Å². The molecule has 2 aromatic rings. The van der Waals surface area contributed by atoms with Crippen LogP contribution in [0.25, 0.3) is 0 Å². The normalized spacial score (nSPS) is 10.4. The minimum Gasteiger partial charge on any atom is -0.287 e. The second kappa shape index (κ2) is 5.39. The van der Waals surface area contributed by atoms with Gasteiger partial charge < -0.3 is 0 Å². The highest BCUT2D eigenvalue weighted by atomic mass is 16.1. The molecular formula is C13H15N3O. The van der Waals surface area contributed by atoms with Crippen molar-refractivity contribution in [2.24, 2.45) is 0 Å². The Hall–Kier alpha value is -1.97. The van der Waals surface area contributed by atoms with E-state index >= 15 is 0 Å². The third-order valence-electron chi connectivity index (χ3n) is 2.64. The molecular weight excluding hydrogens is 214 g/mol. The van der Waals surface area contributed by atoms with Crippen LogP contribution in [0.3, 0.4) is 0 Å². The van der Waals surface area contributed by atoms with Crippen molar-refractivity contribution in [1.82, 2.24) is 15.4 Å². The van der Waals surface area contributed by atoms with Crippen LogP contribution in [0.1, 0.15) is 41.5 Å². The summed E-state index contributed by atoms with van der Waals surface area (Å²) in [6.45, 7) is 2.11. The lowest BCUT2D eigenvalue weighted by Gasteiger charge is -1.99. The summed E-state index contributed by atoms with van der Waals surface area (Å²) in [7, 11) is 0. The first-order chi connectivity index (χ1) is 8.33. The van der Waals surface area contributed by atoms with Crippen LogP contribution in [0, 0.1) is 0 Å². The molecule has 4 heteroatoms. The summed E-state index contributed by atoms with van der Waals surface area (Å²) in [6, 6.07) is 9.16. The predicted octanol–water partition coefficient (Wildman–Crippen LogP) is 2.38. The molecule has 88 valence electrons. The van der Waals surface area contributed by atoms with E-state index in [4.69, 9.17) is 0 Å². The van der Waals surface area contributed by atoms with Gasteiger partial charge in [-0.15, -0.1) is 0 Å². The Kier molecular flexibility index (Phi) is 3.65. The molecule has 17 heavy (non-hydrogen) atoms. The van der Waals surface area contributed by atoms with Crippen molar-refractivity contribution < 1.29 is 4.79 Å². The first-order valence-corrected chi connectivity index (χ1v) is 5.82. The highest BCUT2D eigenvalue weighted by Gasteiger charge is 2.17. The fourth-order valence-electron chi connectivity index (χ4n) is 1.68. The summed E-state index contributed by atoms with van der Waals surface area (Å²) in [5.74, 6) is -0.0644. The molecule has 0 aliphatic carbocycles. The number of aromatic amines is 1. The van der Waals surface area contributed by atoms with Crippen LogP contribution in [0.2, 0.25) is 0 Å². The second-order valence-corrected chi connectivity index (χ2v) is 3.92. The molecule has 1 heterocycles. The molecule has 4 nitrogen and oxygen atoms in total. The van der Waals surface area contributed by atoms with E-state index in [2.05, 4.69) is 22.3 Å². The molecule has 0 saturated carbocycles. The highest BCUT2D eigenvalue weighted by Crippen LogP contribution is 2.12. The lowest BCUT2D eigenvalue weighted by Crippen LogP contribution is -2.05. The van der Waals surface area contributed by atoms with E-state index in [1.54, 1.807) is 12.1 Å². The number of carbonyl (C=O) groups excluding carboxylic acids is 1. The highest BCUT2D eigenvalue weighted by molar-refractivity contribution is 6.08. The van der Waals surface area contributed by atoms with Gasteiger partial charge in [-0.25, -0.2) is 0 Å². The number of aryl methyl sites for hydroxylation is 1. The van der Waals surface area contributed by atoms with Crippen LogP contribution in [0.15, 0.2) is 30.3 Å². The summed E-state index contributed by atoms with van der Waals surface area (Å²) in [5, 5.41) is 10.5. The van der Waals surface area contributed by atoms with E-state index in [0.717, 1.165) is 25.0 Å². The number of hydrogen-bond acceptors (Lipinski definition) is 3. The number of hydrogen-bond donors (Lipinski definition) is 1. The van der Waals surface area contributed by atoms with Gasteiger partial charge in [0.1, 0.15) is 0 Å². The number of unbranched alkanes of at least 4 members (excludes halogenated alkanes) is 1. The first kappa shape index (κ1) is 11.5. The summed E-state index contributed by atoms with van der Waals surface area (Å²) >= 11 is 0. The molecule has 1 N–H and O–H groups in total. The third kappa shape index (κ3) is 2.58. The van der Waals surface area contributed by atoms with Gasteiger partial charge in [-0.2, -0.15) is 15.4 Å². The van der Waals surface area contributed by atoms with Crippen molar-refractivity contribution in [2.45, 2.75) is 26.2 Å². The number of aromatic nitrogens is 3. The minimum absolute atomic E-state index is 0.0644. The molecule has 0 atom stereocenters. The van der Waals surface area contributed by atoms with Crippen LogP contribution < -0.4 is 0 Å². The van der Waals surface area contributed by atoms with Crippen molar-refractivity contribution in [3.63, 3.8) is 0 Å². The van der Waals surface area contributed by atoms with E-state index in [9.17, 15) is 4.79 Å². The number of nitrogens with zero attached hydrogens (tertiary/aromatic N) is 2. The Bertz CT molecular complexity index is 490. The van der Waals surface area contributed by atoms with Crippen molar-refractivity contribution in [3.8, 4) is 0 Å². The standard InChI is InChI=1S/C13H15N3O/c1-2-3-9-11-12(15-16-14-11)13(17)10-7-5-4-6-8-10/h4-8H,2-3,9H2,1H3,(H,14,15,16). The minimum atomic E-state index is -0.0644. The number of rotatable bonds is 5. The van der Waals surface area contributed by atoms with Gasteiger partial charge in [0.25, 0.3) is 0 Å². The van der Waals surface area contributed by atoms with Gasteiger partial charge >= 0.3 is 0 Å². The van der Waals surface area contributed by atoms with Crippen molar-refractivity contribution >= 4 is 5.78 Å². The smallest absolute Gasteiger partial charge is 0.215 e. The van der Waals surface area contributed by atoms with Gasteiger partial charge in [0.2, 0.25) is 5.78 Å². The van der Waals surface area contributed by atoms with E-state index < -0.39 is 0 Å². The summed E-state index contributed by atoms with van der Waals surface area (Å²) in [6.07, 6.45) is 2.88. The Balaban J connectivity index is 2.23. The van der Waals surface area contributed by atoms with Crippen LogP contribution in [-0.2, 0) is 6.42 Å². The SMILES string of the molecule is CCCCc1n[nH]nc1C(=O)c1ccccc1. The largest absolute Gasteiger partial charge is 0.287 e. The quantitative estimate of drug-likeness (QED) is 0.801. The molecule has 0 amide bonds. The molecule has 0 saturated heterocycles. The molecule has 0 bridgehead atoms. The van der Waals surface area contributed by atoms with E-state index in [-0.39, 0.29) is 5.78 Å². The molecule has 0 radical (unpaired) electrons. The van der Waals surface area contributed by atoms with E-state index in [0.29, 0.717) is 11.3 Å². The average Bonchev–Trinajstić information content (AvgIpc) is 2.84. The second-order valence-electron chi connectivity index (χ2n) is 3.92. The zero-order chi connectivity index (χ0) is 12.1. The Morgan fingerprint density at radius 2 is 2.00 bits per heavy atom. The lowest BCUT2D eigenvalue weighted by atomic mass is 10.0. The van der Waals surface area contributed by atoms with Crippen LogP contribution in [0.5, 0.6) is 0 Å². The zero-order valence-corrected chi connectivity index (χ0v) is 9.81. The average molecular weight is 229 g/mol. The fraction of sp³-hybridized carbons (Fsp3) is 0.308. The zero-order valence-electron chi connectivity index (χ0n) is 9.81. The topological polar surface area (TPSA) is 58.6 Å². The maximum Gasteiger partial charge on any atom is 0.215 e. The molecule has 2 rings (SSSR count). The van der Waals surface area contributed by atoms with Gasteiger partial charge in [-0.3, -0.25) is 4.79 Å². The number of nitrogens with one attached hydrogen (secondary N) is 1. The fourth-order valence-corrected chi connectivity index (χ4v) is 1.68. The number of carbonyl (C=O) groups is 1. The molecule has 1 aromatic heterocycles. The lowest BCUT2D eigenvalue weighted by molar-refractivity contribution is 0.103. The molecule has 0 aliphatic rings. The number of benzene rings is 1. The summed E-state index contributed by atoms with van der Waals surface area (Å²) in [5.41, 5.74) is 1.87. The Morgan fingerprint density at radius 3 is 2.71 bits per heavy atom. The van der Waals surface area contributed by atoms with Crippen LogP contribution in [0.4, 0.5) is 0 Å². The molecule has 0 aliphatic heterocycles. The molecule has 1 aromatic carbocycles. The van der Waals surface area contributed by atoms with Crippen LogP contribution >= 0.6 is 0 Å². The summed E-state index contributed by atoms with van der Waals surface area (Å²) in [4.78, 5) is 12.2. The predicted molar refractivity (Wildman–Crippen MR) is 64.9 cm³/mol. The van der Waals surface area contributed by atoms with Crippen molar-refractivity contribution in [1.29, 1.82) is 0 Å². The maximum atomic E-state index is 12.2. The number of H-pyrrole nitrogens is 1. The van der Waals surface area contributed by atoms with Gasteiger partial charge in [-0.05, 0) is 12.8 Å². The van der Waals surface area contributed by atoms with Gasteiger partial charge in [0.15, 0.2) is 5.69 Å². The maximum absolute atomic E-state index is 12.2. The molecule has 0 fully saturated rings. The van der Waals surface area contributed by atoms with E-state index in [1.807, 2.05) is 18.2 Å². The van der Waals surface area contributed by atoms with Crippen molar-refractivity contribution in [3.05, 3.63) is 47.3 Å². The van der Waals surface area contributed by atoms with Crippen LogP contribution in [-0.4, -0.2) is 21.2 Å². The Labute approximate surface area is 100 Å². The monoisotopic (exact) mass is 229 g/mol. The van der Waals surface area contributed by atoms with Gasteiger partial charge in [-0.1, -0.05) is 43.7 Å². The summed E-state index contributed by atoms with van der Waals surface area (Å²) < 4.78 is 0.